The van der Waals surface area contributed by atoms with Gasteiger partial charge in [-0.25, -0.2) is 9.78 Å². The molecule has 1 amide bonds. The zero-order chi connectivity index (χ0) is 29.9. The van der Waals surface area contributed by atoms with Crippen LogP contribution in [0.4, 0.5) is 24.7 Å². The highest BCUT2D eigenvalue weighted by Gasteiger charge is 2.36. The Hall–Kier alpha value is -4.87. The maximum atomic E-state index is 13.9. The van der Waals surface area contributed by atoms with E-state index in [0.29, 0.717) is 17.1 Å². The summed E-state index contributed by atoms with van der Waals surface area (Å²) in [5, 5.41) is 16.5. The minimum absolute atomic E-state index is 0.0136. The molecule has 0 saturated carbocycles. The second kappa shape index (κ2) is 11.7. The molecule has 0 aliphatic rings. The quantitative estimate of drug-likeness (QED) is 0.225. The van der Waals surface area contributed by atoms with Crippen LogP contribution in [0.5, 0.6) is 11.6 Å². The zero-order valence-corrected chi connectivity index (χ0v) is 22.6. The monoisotopic (exact) mass is 568 g/mol. The van der Waals surface area contributed by atoms with Crippen molar-refractivity contribution < 1.29 is 37.1 Å². The highest BCUT2D eigenvalue weighted by molar-refractivity contribution is 6.09. The minimum Gasteiger partial charge on any atom is -0.478 e. The molecule has 9 nitrogen and oxygen atoms in total. The van der Waals surface area contributed by atoms with Gasteiger partial charge in [-0.1, -0.05) is 22.9 Å². The van der Waals surface area contributed by atoms with Gasteiger partial charge in [-0.2, -0.15) is 13.2 Å². The molecule has 4 rings (SSSR count). The van der Waals surface area contributed by atoms with Crippen molar-refractivity contribution in [1.29, 1.82) is 0 Å². The van der Waals surface area contributed by atoms with Gasteiger partial charge in [0.15, 0.2) is 5.82 Å². The maximum Gasteiger partial charge on any atom is 0.421 e. The molecular weight excluding hydrogens is 541 g/mol. The fourth-order valence-corrected chi connectivity index (χ4v) is 4.05. The lowest BCUT2D eigenvalue weighted by molar-refractivity contribution is -0.138. The number of benzene rings is 2. The zero-order valence-electron chi connectivity index (χ0n) is 22.6. The highest BCUT2D eigenvalue weighted by atomic mass is 19.4. The number of nitrogens with zero attached hydrogens (tertiary/aromatic N) is 3. The van der Waals surface area contributed by atoms with Gasteiger partial charge < -0.3 is 24.6 Å². The first-order chi connectivity index (χ1) is 19.3. The summed E-state index contributed by atoms with van der Waals surface area (Å²) in [6, 6.07) is 12.5. The van der Waals surface area contributed by atoms with Gasteiger partial charge in [0.05, 0.1) is 11.3 Å². The summed E-state index contributed by atoms with van der Waals surface area (Å²) in [5.41, 5.74) is 0.106. The number of pyridine rings is 1. The summed E-state index contributed by atoms with van der Waals surface area (Å²) < 4.78 is 52.2. The summed E-state index contributed by atoms with van der Waals surface area (Å²) in [5.74, 6) is -1.87. The molecule has 0 atom stereocenters. The third-order valence-corrected chi connectivity index (χ3v) is 6.02. The number of nitrogens with one attached hydrogen (secondary N) is 1. The van der Waals surface area contributed by atoms with Crippen molar-refractivity contribution in [3.8, 4) is 11.6 Å². The number of aryl methyl sites for hydroxylation is 2. The summed E-state index contributed by atoms with van der Waals surface area (Å²) in [4.78, 5) is 30.7. The van der Waals surface area contributed by atoms with Crippen LogP contribution < -0.4 is 15.0 Å². The van der Waals surface area contributed by atoms with Crippen molar-refractivity contribution in [2.75, 3.05) is 10.2 Å². The molecule has 0 bridgehead atoms. The van der Waals surface area contributed by atoms with Crippen molar-refractivity contribution in [2.24, 2.45) is 0 Å². The van der Waals surface area contributed by atoms with Gasteiger partial charge in [0.1, 0.15) is 17.1 Å². The molecule has 0 spiro atoms. The Morgan fingerprint density at radius 1 is 1.07 bits per heavy atom. The number of amides is 1. The maximum absolute atomic E-state index is 13.9. The molecule has 0 aliphatic carbocycles. The lowest BCUT2D eigenvalue weighted by Crippen LogP contribution is -2.38. The van der Waals surface area contributed by atoms with Crippen LogP contribution in [-0.4, -0.2) is 33.2 Å². The van der Waals surface area contributed by atoms with Gasteiger partial charge in [0, 0.05) is 30.4 Å². The summed E-state index contributed by atoms with van der Waals surface area (Å²) >= 11 is 0. The minimum atomic E-state index is -4.81. The summed E-state index contributed by atoms with van der Waals surface area (Å²) in [6.07, 6.45) is -3.61. The second-order valence-corrected chi connectivity index (χ2v) is 9.59. The SMILES string of the molecule is Cc1ccc(C(=O)N(c2ccc(Oc3ncc(CNc4cc(C)on4)cc3C(F)(F)F)cc2C(=O)O)C(C)C)cc1. The molecule has 0 radical (unpaired) electrons. The van der Waals surface area contributed by atoms with Gasteiger partial charge in [-0.15, -0.1) is 0 Å². The molecule has 41 heavy (non-hydrogen) atoms. The number of hydrogen-bond donors (Lipinski definition) is 2. The fraction of sp³-hybridized carbons (Fsp3) is 0.241. The number of carbonyl (C=O) groups excluding carboxylic acids is 1. The molecule has 2 aromatic heterocycles. The molecule has 0 unspecified atom stereocenters. The Morgan fingerprint density at radius 3 is 2.37 bits per heavy atom. The standard InChI is InChI=1S/C29H27F3N4O5/c1-16(2)36(27(37)20-7-5-17(3)6-8-20)24-10-9-21(13-22(24)28(38)39)40-26-23(29(30,31)32)12-19(15-34-26)14-33-25-11-18(4)41-35-25/h5-13,15-16H,14H2,1-4H3,(H,33,35)(H,38,39). The molecule has 214 valence electrons. The van der Waals surface area contributed by atoms with Crippen molar-refractivity contribution >= 4 is 23.4 Å². The van der Waals surface area contributed by atoms with E-state index < -0.39 is 35.5 Å². The Balaban J connectivity index is 1.65. The lowest BCUT2D eigenvalue weighted by atomic mass is 10.1. The van der Waals surface area contributed by atoms with E-state index in [1.807, 2.05) is 6.92 Å². The van der Waals surface area contributed by atoms with Gasteiger partial charge in [0.2, 0.25) is 5.88 Å². The van der Waals surface area contributed by atoms with E-state index in [1.54, 1.807) is 51.1 Å². The van der Waals surface area contributed by atoms with E-state index in [0.717, 1.165) is 17.7 Å². The molecule has 4 aromatic rings. The second-order valence-electron chi connectivity index (χ2n) is 9.59. The third-order valence-electron chi connectivity index (χ3n) is 6.02. The molecule has 12 heteroatoms. The van der Waals surface area contributed by atoms with E-state index in [2.05, 4.69) is 15.5 Å². The normalized spacial score (nSPS) is 11.4. The number of alkyl halides is 3. The first-order valence-electron chi connectivity index (χ1n) is 12.5. The Kier molecular flexibility index (Phi) is 8.31. The van der Waals surface area contributed by atoms with Crippen LogP contribution in [-0.2, 0) is 12.7 Å². The average molecular weight is 569 g/mol. The van der Waals surface area contributed by atoms with E-state index in [4.69, 9.17) is 9.26 Å². The largest absolute Gasteiger partial charge is 0.478 e. The van der Waals surface area contributed by atoms with Crippen molar-refractivity contribution in [2.45, 2.75) is 46.5 Å². The molecule has 2 heterocycles. The van der Waals surface area contributed by atoms with Crippen LogP contribution in [0.2, 0.25) is 0 Å². The topological polar surface area (TPSA) is 118 Å². The predicted octanol–water partition coefficient (Wildman–Crippen LogP) is 6.86. The van der Waals surface area contributed by atoms with E-state index in [9.17, 15) is 27.9 Å². The highest BCUT2D eigenvalue weighted by Crippen LogP contribution is 2.38. The third kappa shape index (κ3) is 6.83. The van der Waals surface area contributed by atoms with Gasteiger partial charge in [0.25, 0.3) is 5.91 Å². The number of rotatable bonds is 9. The van der Waals surface area contributed by atoms with Crippen LogP contribution in [0.25, 0.3) is 0 Å². The number of aromatic nitrogens is 2. The number of aromatic carboxylic acids is 1. The van der Waals surface area contributed by atoms with E-state index in [1.165, 1.54) is 23.2 Å². The van der Waals surface area contributed by atoms with Crippen LogP contribution in [0.15, 0.2) is 65.3 Å². The molecule has 0 aliphatic heterocycles. The van der Waals surface area contributed by atoms with Crippen LogP contribution >= 0.6 is 0 Å². The van der Waals surface area contributed by atoms with Crippen molar-refractivity contribution in [3.05, 3.63) is 94.4 Å². The van der Waals surface area contributed by atoms with Crippen LogP contribution in [0.3, 0.4) is 0 Å². The number of ether oxygens (including phenoxy) is 1. The molecule has 0 fully saturated rings. The fourth-order valence-electron chi connectivity index (χ4n) is 4.05. The van der Waals surface area contributed by atoms with E-state index in [-0.39, 0.29) is 29.1 Å². The smallest absolute Gasteiger partial charge is 0.421 e. The number of hydrogen-bond acceptors (Lipinski definition) is 7. The Morgan fingerprint density at radius 2 is 1.78 bits per heavy atom. The molecule has 2 aromatic carbocycles. The van der Waals surface area contributed by atoms with E-state index >= 15 is 0 Å². The first kappa shape index (κ1) is 29.1. The Bertz CT molecular complexity index is 1570. The predicted molar refractivity (Wildman–Crippen MR) is 144 cm³/mol. The number of carboxylic acids is 1. The Labute approximate surface area is 233 Å². The van der Waals surface area contributed by atoms with Crippen LogP contribution in [0, 0.1) is 13.8 Å². The average Bonchev–Trinajstić information content (AvgIpc) is 3.33. The molecular formula is C29H27F3N4O5. The van der Waals surface area contributed by atoms with Gasteiger partial charge >= 0.3 is 12.1 Å². The lowest BCUT2D eigenvalue weighted by Gasteiger charge is -2.28. The first-order valence-corrected chi connectivity index (χ1v) is 12.5. The van der Waals surface area contributed by atoms with Gasteiger partial charge in [-0.05, 0) is 69.7 Å². The molecule has 2 N–H and O–H groups in total. The van der Waals surface area contributed by atoms with Gasteiger partial charge in [-0.3, -0.25) is 4.79 Å². The van der Waals surface area contributed by atoms with Crippen LogP contribution in [0.1, 0.15) is 57.0 Å². The number of carbonyl (C=O) groups is 2. The van der Waals surface area contributed by atoms with Crippen molar-refractivity contribution in [1.82, 2.24) is 10.1 Å². The number of anilines is 2. The van der Waals surface area contributed by atoms with Crippen molar-refractivity contribution in [3.63, 3.8) is 0 Å². The molecule has 0 saturated heterocycles. The summed E-state index contributed by atoms with van der Waals surface area (Å²) in [7, 11) is 0. The summed E-state index contributed by atoms with van der Waals surface area (Å²) in [6.45, 7) is 6.99. The number of halogens is 3. The number of carboxylic acid groups (broad SMARTS) is 1.